The summed E-state index contributed by atoms with van der Waals surface area (Å²) in [5.74, 6) is 1.39. The predicted octanol–water partition coefficient (Wildman–Crippen LogP) is 4.06. The molecule has 0 radical (unpaired) electrons. The number of hydrogen-bond donors (Lipinski definition) is 1. The number of nitrogens with zero attached hydrogens (tertiary/aromatic N) is 5. The van der Waals surface area contributed by atoms with Crippen molar-refractivity contribution in [1.29, 1.82) is 0 Å². The van der Waals surface area contributed by atoms with Gasteiger partial charge < -0.3 is 4.98 Å². The van der Waals surface area contributed by atoms with Gasteiger partial charge in [0, 0.05) is 4.88 Å². The van der Waals surface area contributed by atoms with Gasteiger partial charge >= 0.3 is 0 Å². The van der Waals surface area contributed by atoms with Crippen LogP contribution in [0.2, 0.25) is 0 Å². The summed E-state index contributed by atoms with van der Waals surface area (Å²) < 4.78 is 1.95. The molecule has 0 aromatic carbocycles. The summed E-state index contributed by atoms with van der Waals surface area (Å²) in [6, 6.07) is 0.394. The van der Waals surface area contributed by atoms with Crippen molar-refractivity contribution < 1.29 is 0 Å². The highest BCUT2D eigenvalue weighted by Gasteiger charge is 2.26. The van der Waals surface area contributed by atoms with Gasteiger partial charge in [-0.1, -0.05) is 31.5 Å². The molecule has 0 spiro atoms. The summed E-state index contributed by atoms with van der Waals surface area (Å²) in [5.41, 5.74) is 1.22. The van der Waals surface area contributed by atoms with E-state index in [9.17, 15) is 4.79 Å². The number of aryl methyl sites for hydroxylation is 1. The number of aromatic amines is 1. The van der Waals surface area contributed by atoms with Crippen molar-refractivity contribution in [1.82, 2.24) is 30.2 Å². The van der Waals surface area contributed by atoms with E-state index in [0.29, 0.717) is 17.8 Å². The molecule has 3 aromatic heterocycles. The normalized spacial score (nSPS) is 21.3. The molecule has 3 heterocycles. The number of hydrogen-bond acceptors (Lipinski definition) is 7. The topological polar surface area (TPSA) is 89.3 Å². The van der Waals surface area contributed by atoms with Gasteiger partial charge in [0.2, 0.25) is 5.16 Å². The molecule has 0 aliphatic heterocycles. The Bertz CT molecular complexity index is 1060. The quantitative estimate of drug-likeness (QED) is 0.645. The van der Waals surface area contributed by atoms with Crippen LogP contribution in [-0.4, -0.2) is 30.2 Å². The van der Waals surface area contributed by atoms with E-state index in [0.717, 1.165) is 47.5 Å². The lowest BCUT2D eigenvalue weighted by Crippen LogP contribution is -2.15. The number of thioether (sulfide) groups is 1. The van der Waals surface area contributed by atoms with Gasteiger partial charge in [-0.2, -0.15) is 0 Å². The predicted molar refractivity (Wildman–Crippen MR) is 111 cm³/mol. The van der Waals surface area contributed by atoms with Gasteiger partial charge in [-0.05, 0) is 60.9 Å². The van der Waals surface area contributed by atoms with Crippen molar-refractivity contribution in [3.63, 3.8) is 0 Å². The van der Waals surface area contributed by atoms with E-state index in [-0.39, 0.29) is 10.8 Å². The van der Waals surface area contributed by atoms with Gasteiger partial charge in [0.1, 0.15) is 10.7 Å². The van der Waals surface area contributed by atoms with Gasteiger partial charge in [-0.15, -0.1) is 16.4 Å². The Balaban J connectivity index is 1.45. The van der Waals surface area contributed by atoms with E-state index in [2.05, 4.69) is 34.4 Å². The Labute approximate surface area is 171 Å². The van der Waals surface area contributed by atoms with Crippen LogP contribution < -0.4 is 5.56 Å². The molecule has 0 saturated heterocycles. The number of tetrazole rings is 1. The number of rotatable bonds is 4. The van der Waals surface area contributed by atoms with Gasteiger partial charge in [0.25, 0.3) is 5.56 Å². The maximum atomic E-state index is 12.9. The maximum absolute atomic E-state index is 12.9. The van der Waals surface area contributed by atoms with Crippen molar-refractivity contribution in [2.75, 3.05) is 0 Å². The Morgan fingerprint density at radius 3 is 2.93 bits per heavy atom. The molecule has 0 bridgehead atoms. The van der Waals surface area contributed by atoms with E-state index in [1.807, 2.05) is 4.68 Å². The van der Waals surface area contributed by atoms with Crippen LogP contribution in [0.25, 0.3) is 10.2 Å². The van der Waals surface area contributed by atoms with Gasteiger partial charge in [0.05, 0.1) is 16.7 Å². The van der Waals surface area contributed by atoms with Crippen molar-refractivity contribution in [2.45, 2.75) is 75.2 Å². The number of fused-ring (bicyclic) bond motifs is 3. The summed E-state index contributed by atoms with van der Waals surface area (Å²) in [4.78, 5) is 22.9. The first-order chi connectivity index (χ1) is 13.6. The van der Waals surface area contributed by atoms with Crippen LogP contribution in [0.3, 0.4) is 0 Å². The van der Waals surface area contributed by atoms with Crippen LogP contribution in [0.1, 0.15) is 73.5 Å². The number of nitrogens with one attached hydrogen (secondary N) is 1. The van der Waals surface area contributed by atoms with Crippen molar-refractivity contribution in [2.24, 2.45) is 5.92 Å². The first-order valence-electron chi connectivity index (χ1n) is 10.1. The third-order valence-corrected chi connectivity index (χ3v) is 8.19. The summed E-state index contributed by atoms with van der Waals surface area (Å²) >= 11 is 3.26. The third kappa shape index (κ3) is 3.18. The summed E-state index contributed by atoms with van der Waals surface area (Å²) in [6.45, 7) is 4.34. The lowest BCUT2D eigenvalue weighted by atomic mass is 9.89. The summed E-state index contributed by atoms with van der Waals surface area (Å²) in [7, 11) is 0. The third-order valence-electron chi connectivity index (χ3n) is 5.98. The minimum absolute atomic E-state index is 0.00473. The standard InChI is InChI=1S/C19H24N6OS2/c1-10-7-8-13-14(9-10)28-18-15(13)17(26)20-16(21-18)11(2)27-19-22-23-24-25(19)12-5-3-4-6-12/h10-12H,3-9H2,1-2H3,(H,20,21,26). The number of thiophene rings is 1. The Kier molecular flexibility index (Phi) is 4.74. The molecule has 7 nitrogen and oxygen atoms in total. The summed E-state index contributed by atoms with van der Waals surface area (Å²) in [5, 5.41) is 13.9. The second-order valence-electron chi connectivity index (χ2n) is 8.09. The molecule has 2 aliphatic rings. The van der Waals surface area contributed by atoms with Crippen molar-refractivity contribution in [3.05, 3.63) is 26.6 Å². The largest absolute Gasteiger partial charge is 0.309 e. The van der Waals surface area contributed by atoms with Gasteiger partial charge in [-0.3, -0.25) is 4.79 Å². The molecule has 148 valence electrons. The average molecular weight is 417 g/mol. The molecular weight excluding hydrogens is 392 g/mol. The van der Waals surface area contributed by atoms with E-state index >= 15 is 0 Å². The molecule has 0 amide bonds. The smallest absolute Gasteiger partial charge is 0.259 e. The molecule has 1 saturated carbocycles. The number of H-pyrrole nitrogens is 1. The SMILES string of the molecule is CC1CCc2c(sc3nc(C(C)Sc4nnnn4C4CCCC4)[nH]c(=O)c23)C1. The zero-order valence-electron chi connectivity index (χ0n) is 16.1. The zero-order chi connectivity index (χ0) is 19.3. The Morgan fingerprint density at radius 1 is 1.29 bits per heavy atom. The van der Waals surface area contributed by atoms with Crippen molar-refractivity contribution >= 4 is 33.3 Å². The Hall–Kier alpha value is -1.74. The summed E-state index contributed by atoms with van der Waals surface area (Å²) in [6.07, 6.45) is 7.93. The Morgan fingerprint density at radius 2 is 2.11 bits per heavy atom. The van der Waals surface area contributed by atoms with E-state index in [1.165, 1.54) is 23.3 Å². The van der Waals surface area contributed by atoms with Crippen LogP contribution in [-0.2, 0) is 12.8 Å². The highest BCUT2D eigenvalue weighted by atomic mass is 32.2. The van der Waals surface area contributed by atoms with Crippen LogP contribution >= 0.6 is 23.1 Å². The number of aromatic nitrogens is 6. The van der Waals surface area contributed by atoms with Crippen molar-refractivity contribution in [3.8, 4) is 0 Å². The zero-order valence-corrected chi connectivity index (χ0v) is 17.8. The molecule has 2 unspecified atom stereocenters. The molecule has 2 atom stereocenters. The minimum atomic E-state index is -0.0266. The van der Waals surface area contributed by atoms with E-state index in [4.69, 9.17) is 4.98 Å². The monoisotopic (exact) mass is 416 g/mol. The molecule has 1 fully saturated rings. The lowest BCUT2D eigenvalue weighted by Gasteiger charge is -2.17. The first-order valence-corrected chi connectivity index (χ1v) is 11.8. The molecule has 1 N–H and O–H groups in total. The molecule has 3 aromatic rings. The highest BCUT2D eigenvalue weighted by Crippen LogP contribution is 2.38. The fourth-order valence-corrected chi connectivity index (χ4v) is 6.72. The molecule has 28 heavy (non-hydrogen) atoms. The van der Waals surface area contributed by atoms with Gasteiger partial charge in [0.15, 0.2) is 0 Å². The molecular formula is C19H24N6OS2. The molecule has 9 heteroatoms. The fraction of sp³-hybridized carbons (Fsp3) is 0.632. The second-order valence-corrected chi connectivity index (χ2v) is 10.5. The molecule has 2 aliphatic carbocycles. The van der Waals surface area contributed by atoms with E-state index in [1.54, 1.807) is 23.1 Å². The van der Waals surface area contributed by atoms with Crippen LogP contribution in [0.15, 0.2) is 9.95 Å². The van der Waals surface area contributed by atoms with Crippen LogP contribution in [0.4, 0.5) is 0 Å². The van der Waals surface area contributed by atoms with Gasteiger partial charge in [-0.25, -0.2) is 9.67 Å². The maximum Gasteiger partial charge on any atom is 0.259 e. The molecule has 5 rings (SSSR count). The second kappa shape index (κ2) is 7.26. The van der Waals surface area contributed by atoms with Crippen LogP contribution in [0, 0.1) is 5.92 Å². The first kappa shape index (κ1) is 18.3. The van der Waals surface area contributed by atoms with Crippen LogP contribution in [0.5, 0.6) is 0 Å². The minimum Gasteiger partial charge on any atom is -0.309 e. The van der Waals surface area contributed by atoms with E-state index < -0.39 is 0 Å². The average Bonchev–Trinajstić information content (AvgIpc) is 3.39. The lowest BCUT2D eigenvalue weighted by molar-refractivity contribution is 0.422. The fourth-order valence-electron chi connectivity index (χ4n) is 4.41. The highest BCUT2D eigenvalue weighted by molar-refractivity contribution is 7.99.